The van der Waals surface area contributed by atoms with Crippen molar-refractivity contribution in [2.24, 2.45) is 5.92 Å². The molecule has 0 unspecified atom stereocenters. The van der Waals surface area contributed by atoms with Crippen LogP contribution in [0.2, 0.25) is 0 Å². The Bertz CT molecular complexity index is 816. The van der Waals surface area contributed by atoms with E-state index >= 15 is 0 Å². The highest BCUT2D eigenvalue weighted by molar-refractivity contribution is 6.10. The minimum absolute atomic E-state index is 0.0554. The van der Waals surface area contributed by atoms with Crippen LogP contribution in [-0.2, 0) is 4.79 Å². The van der Waals surface area contributed by atoms with Gasteiger partial charge in [-0.15, -0.1) is 0 Å². The molecule has 6 nitrogen and oxygen atoms in total. The second-order valence-corrected chi connectivity index (χ2v) is 7.01. The number of rotatable bonds is 7. The van der Waals surface area contributed by atoms with Gasteiger partial charge in [-0.25, -0.2) is 0 Å². The maximum atomic E-state index is 12.7. The van der Waals surface area contributed by atoms with Crippen LogP contribution >= 0.6 is 0 Å². The number of anilines is 2. The molecule has 1 aliphatic heterocycles. The average molecular weight is 381 g/mol. The maximum absolute atomic E-state index is 12.7. The number of hydrogen-bond acceptors (Lipinski definition) is 4. The molecule has 0 aliphatic carbocycles. The van der Waals surface area contributed by atoms with Crippen molar-refractivity contribution in [3.8, 4) is 5.75 Å². The third-order valence-corrected chi connectivity index (χ3v) is 5.01. The summed E-state index contributed by atoms with van der Waals surface area (Å²) >= 11 is 0. The van der Waals surface area contributed by atoms with Gasteiger partial charge in [0.15, 0.2) is 0 Å². The fourth-order valence-electron chi connectivity index (χ4n) is 3.41. The molecule has 0 aromatic heterocycles. The predicted molar refractivity (Wildman–Crippen MR) is 111 cm³/mol. The zero-order valence-corrected chi connectivity index (χ0v) is 16.2. The number of benzene rings is 2. The van der Waals surface area contributed by atoms with E-state index in [-0.39, 0.29) is 11.8 Å². The van der Waals surface area contributed by atoms with E-state index in [0.29, 0.717) is 35.0 Å². The topological polar surface area (TPSA) is 79.5 Å². The lowest BCUT2D eigenvalue weighted by molar-refractivity contribution is -0.116. The van der Waals surface area contributed by atoms with Crippen molar-refractivity contribution in [1.29, 1.82) is 0 Å². The molecular formula is C22H27N3O3. The molecule has 148 valence electrons. The minimum Gasteiger partial charge on any atom is -0.497 e. The molecule has 0 bridgehead atoms. The summed E-state index contributed by atoms with van der Waals surface area (Å²) in [7, 11) is 1.58. The van der Waals surface area contributed by atoms with Gasteiger partial charge in [0.25, 0.3) is 5.91 Å². The van der Waals surface area contributed by atoms with E-state index in [0.717, 1.165) is 32.4 Å². The van der Waals surface area contributed by atoms with Gasteiger partial charge in [0, 0.05) is 18.2 Å². The van der Waals surface area contributed by atoms with Gasteiger partial charge in [0.2, 0.25) is 5.91 Å². The summed E-state index contributed by atoms with van der Waals surface area (Å²) in [5, 5.41) is 9.09. The Morgan fingerprint density at radius 3 is 2.64 bits per heavy atom. The molecule has 1 saturated heterocycles. The van der Waals surface area contributed by atoms with Gasteiger partial charge in [-0.2, -0.15) is 0 Å². The van der Waals surface area contributed by atoms with Gasteiger partial charge in [-0.1, -0.05) is 18.2 Å². The number of piperidine rings is 1. The first-order chi connectivity index (χ1) is 13.7. The molecule has 1 heterocycles. The zero-order valence-electron chi connectivity index (χ0n) is 16.2. The van der Waals surface area contributed by atoms with E-state index < -0.39 is 0 Å². The van der Waals surface area contributed by atoms with E-state index in [2.05, 4.69) is 16.0 Å². The summed E-state index contributed by atoms with van der Waals surface area (Å²) in [5.74, 6) is 0.929. The summed E-state index contributed by atoms with van der Waals surface area (Å²) in [6.07, 6.45) is 3.59. The first kappa shape index (κ1) is 19.9. The normalized spacial score (nSPS) is 14.3. The molecule has 28 heavy (non-hydrogen) atoms. The summed E-state index contributed by atoms with van der Waals surface area (Å²) in [5.41, 5.74) is 1.59. The Hall–Kier alpha value is -2.86. The maximum Gasteiger partial charge on any atom is 0.257 e. The first-order valence-corrected chi connectivity index (χ1v) is 9.70. The SMILES string of the molecule is COc1cccc(NC(=O)c2ccccc2NC(=O)CCC2CCNCC2)c1. The Kier molecular flexibility index (Phi) is 7.03. The molecule has 3 N–H and O–H groups in total. The van der Waals surface area contributed by atoms with Crippen molar-refractivity contribution in [2.45, 2.75) is 25.7 Å². The third-order valence-electron chi connectivity index (χ3n) is 5.01. The Morgan fingerprint density at radius 2 is 1.86 bits per heavy atom. The molecule has 2 aromatic carbocycles. The number of ether oxygens (including phenoxy) is 1. The lowest BCUT2D eigenvalue weighted by Gasteiger charge is -2.22. The molecule has 2 amide bonds. The second kappa shape index (κ2) is 9.90. The van der Waals surface area contributed by atoms with Crippen molar-refractivity contribution < 1.29 is 14.3 Å². The molecular weight excluding hydrogens is 354 g/mol. The van der Waals surface area contributed by atoms with Gasteiger partial charge in [-0.05, 0) is 62.5 Å². The molecule has 0 saturated carbocycles. The van der Waals surface area contributed by atoms with Crippen LogP contribution in [0.25, 0.3) is 0 Å². The van der Waals surface area contributed by atoms with Crippen molar-refractivity contribution in [1.82, 2.24) is 5.32 Å². The zero-order chi connectivity index (χ0) is 19.8. The number of carbonyl (C=O) groups is 2. The second-order valence-electron chi connectivity index (χ2n) is 7.01. The smallest absolute Gasteiger partial charge is 0.257 e. The lowest BCUT2D eigenvalue weighted by Crippen LogP contribution is -2.28. The number of para-hydroxylation sites is 1. The largest absolute Gasteiger partial charge is 0.497 e. The van der Waals surface area contributed by atoms with Gasteiger partial charge in [0.1, 0.15) is 5.75 Å². The van der Waals surface area contributed by atoms with Gasteiger partial charge in [-0.3, -0.25) is 9.59 Å². The standard InChI is InChI=1S/C22H27N3O3/c1-28-18-6-4-5-17(15-18)24-22(27)19-7-2-3-8-20(19)25-21(26)10-9-16-11-13-23-14-12-16/h2-8,15-16,23H,9-14H2,1H3,(H,24,27)(H,25,26). The number of carbonyl (C=O) groups excluding carboxylic acids is 2. The summed E-state index contributed by atoms with van der Waals surface area (Å²) in [4.78, 5) is 25.1. The Morgan fingerprint density at radius 1 is 1.07 bits per heavy atom. The lowest BCUT2D eigenvalue weighted by atomic mass is 9.93. The van der Waals surface area contributed by atoms with Crippen molar-refractivity contribution in [2.75, 3.05) is 30.8 Å². The summed E-state index contributed by atoms with van der Waals surface area (Å²) < 4.78 is 5.18. The molecule has 6 heteroatoms. The van der Waals surface area contributed by atoms with E-state index in [4.69, 9.17) is 4.74 Å². The van der Waals surface area contributed by atoms with E-state index in [1.807, 2.05) is 18.2 Å². The quantitative estimate of drug-likeness (QED) is 0.684. The fraction of sp³-hybridized carbons (Fsp3) is 0.364. The Labute approximate surface area is 165 Å². The fourth-order valence-corrected chi connectivity index (χ4v) is 3.41. The predicted octanol–water partition coefficient (Wildman–Crippen LogP) is 3.67. The summed E-state index contributed by atoms with van der Waals surface area (Å²) in [6.45, 7) is 2.05. The van der Waals surface area contributed by atoms with Crippen LogP contribution in [-0.4, -0.2) is 32.0 Å². The number of amides is 2. The molecule has 0 atom stereocenters. The third kappa shape index (κ3) is 5.57. The van der Waals surface area contributed by atoms with Crippen LogP contribution < -0.4 is 20.7 Å². The van der Waals surface area contributed by atoms with Crippen LogP contribution in [0.5, 0.6) is 5.75 Å². The van der Waals surface area contributed by atoms with E-state index in [1.165, 1.54) is 0 Å². The first-order valence-electron chi connectivity index (χ1n) is 9.70. The highest BCUT2D eigenvalue weighted by atomic mass is 16.5. The summed E-state index contributed by atoms with van der Waals surface area (Å²) in [6, 6.07) is 14.2. The van der Waals surface area contributed by atoms with Crippen LogP contribution in [0.3, 0.4) is 0 Å². The molecule has 1 fully saturated rings. The monoisotopic (exact) mass is 381 g/mol. The average Bonchev–Trinajstić information content (AvgIpc) is 2.73. The van der Waals surface area contributed by atoms with Crippen LogP contribution in [0.1, 0.15) is 36.0 Å². The van der Waals surface area contributed by atoms with Crippen LogP contribution in [0.15, 0.2) is 48.5 Å². The molecule has 1 aliphatic rings. The molecule has 0 radical (unpaired) electrons. The Balaban J connectivity index is 1.61. The van der Waals surface area contributed by atoms with Gasteiger partial charge in [0.05, 0.1) is 18.4 Å². The van der Waals surface area contributed by atoms with Gasteiger partial charge < -0.3 is 20.7 Å². The van der Waals surface area contributed by atoms with E-state index in [1.54, 1.807) is 37.4 Å². The van der Waals surface area contributed by atoms with E-state index in [9.17, 15) is 9.59 Å². The van der Waals surface area contributed by atoms with Gasteiger partial charge >= 0.3 is 0 Å². The van der Waals surface area contributed by atoms with Crippen molar-refractivity contribution >= 4 is 23.2 Å². The number of methoxy groups -OCH3 is 1. The van der Waals surface area contributed by atoms with Crippen LogP contribution in [0, 0.1) is 5.92 Å². The number of hydrogen-bond donors (Lipinski definition) is 3. The minimum atomic E-state index is -0.275. The molecule has 2 aromatic rings. The highest BCUT2D eigenvalue weighted by Crippen LogP contribution is 2.22. The molecule has 3 rings (SSSR count). The van der Waals surface area contributed by atoms with Crippen molar-refractivity contribution in [3.05, 3.63) is 54.1 Å². The van der Waals surface area contributed by atoms with Crippen molar-refractivity contribution in [3.63, 3.8) is 0 Å². The highest BCUT2D eigenvalue weighted by Gasteiger charge is 2.17. The van der Waals surface area contributed by atoms with Crippen LogP contribution in [0.4, 0.5) is 11.4 Å². The number of nitrogens with one attached hydrogen (secondary N) is 3. The molecule has 0 spiro atoms.